The molecule has 1 spiro atoms. The molecule has 0 saturated carbocycles. The summed E-state index contributed by atoms with van der Waals surface area (Å²) in [5.74, 6) is -0.501. The summed E-state index contributed by atoms with van der Waals surface area (Å²) in [6.07, 6.45) is -2.71. The number of piperidine rings is 1. The van der Waals surface area contributed by atoms with Gasteiger partial charge >= 0.3 is 6.18 Å². The van der Waals surface area contributed by atoms with E-state index < -0.39 is 39.3 Å². The summed E-state index contributed by atoms with van der Waals surface area (Å²) in [6.45, 7) is 0.773. The lowest BCUT2D eigenvalue weighted by Crippen LogP contribution is -2.63. The Kier molecular flexibility index (Phi) is 5.96. The SMILES string of the molecule is CS(=O)(=O)N1CCC[C@@]12CCN(CC(=O)Nc1cccc(C(F)(F)F)c1)C[C@@H]2O. The number of nitrogens with one attached hydrogen (secondary N) is 1. The number of β-amino-alcohol motifs (C(OH)–C–C–N with tert-alkyl or cyclic N) is 1. The van der Waals surface area contributed by atoms with Gasteiger partial charge in [-0.05, 0) is 37.5 Å². The highest BCUT2D eigenvalue weighted by Crippen LogP contribution is 2.40. The summed E-state index contributed by atoms with van der Waals surface area (Å²) in [6, 6.07) is 4.37. The predicted octanol–water partition coefficient (Wildman–Crippen LogP) is 1.50. The molecule has 2 fully saturated rings. The highest BCUT2D eigenvalue weighted by Gasteiger charge is 2.52. The van der Waals surface area contributed by atoms with E-state index in [2.05, 4.69) is 5.32 Å². The molecule has 2 N–H and O–H groups in total. The molecule has 2 atom stereocenters. The van der Waals surface area contributed by atoms with Gasteiger partial charge in [0.05, 0.1) is 30.0 Å². The first kappa shape index (κ1) is 22.0. The van der Waals surface area contributed by atoms with Gasteiger partial charge in [0.1, 0.15) is 0 Å². The minimum Gasteiger partial charge on any atom is -0.390 e. The van der Waals surface area contributed by atoms with Gasteiger partial charge in [0.2, 0.25) is 15.9 Å². The van der Waals surface area contributed by atoms with Gasteiger partial charge in [-0.25, -0.2) is 8.42 Å². The molecule has 162 valence electrons. The fourth-order valence-corrected chi connectivity index (χ4v) is 5.72. The number of carbonyl (C=O) groups excluding carboxylic acids is 1. The van der Waals surface area contributed by atoms with Crippen molar-refractivity contribution in [3.05, 3.63) is 29.8 Å². The second kappa shape index (κ2) is 7.86. The molecule has 0 unspecified atom stereocenters. The summed E-state index contributed by atoms with van der Waals surface area (Å²) < 4.78 is 63.9. The van der Waals surface area contributed by atoms with Crippen molar-refractivity contribution in [2.75, 3.05) is 37.8 Å². The number of sulfonamides is 1. The molecule has 2 saturated heterocycles. The lowest BCUT2D eigenvalue weighted by Gasteiger charge is -2.47. The zero-order chi connectivity index (χ0) is 21.4. The number of hydrogen-bond acceptors (Lipinski definition) is 5. The lowest BCUT2D eigenvalue weighted by atomic mass is 9.83. The maximum atomic E-state index is 12.8. The maximum absolute atomic E-state index is 12.8. The van der Waals surface area contributed by atoms with Crippen molar-refractivity contribution >= 4 is 21.6 Å². The zero-order valence-corrected chi connectivity index (χ0v) is 16.8. The average Bonchev–Trinajstić information content (AvgIpc) is 3.03. The van der Waals surface area contributed by atoms with Gasteiger partial charge in [-0.1, -0.05) is 6.07 Å². The van der Waals surface area contributed by atoms with Crippen molar-refractivity contribution in [2.24, 2.45) is 0 Å². The van der Waals surface area contributed by atoms with E-state index in [-0.39, 0.29) is 18.8 Å². The number of anilines is 1. The Morgan fingerprint density at radius 1 is 1.31 bits per heavy atom. The number of likely N-dealkylation sites (tertiary alicyclic amines) is 1. The number of aliphatic hydroxyl groups is 1. The number of amides is 1. The van der Waals surface area contributed by atoms with Crippen LogP contribution in [-0.4, -0.2) is 72.7 Å². The standard InChI is InChI=1S/C18H24F3N3O4S/c1-29(27,28)24-8-3-6-17(24)7-9-23(11-15(17)25)12-16(26)22-14-5-2-4-13(10-14)18(19,20)21/h2,4-5,10,15,25H,3,6-9,11-12H2,1H3,(H,22,26)/t15-,17-/m0/s1. The first-order valence-electron chi connectivity index (χ1n) is 9.27. The van der Waals surface area contributed by atoms with Gasteiger partial charge in [-0.15, -0.1) is 0 Å². The van der Waals surface area contributed by atoms with Crippen LogP contribution >= 0.6 is 0 Å². The summed E-state index contributed by atoms with van der Waals surface area (Å²) in [7, 11) is -3.46. The van der Waals surface area contributed by atoms with Gasteiger partial charge in [-0.3, -0.25) is 9.69 Å². The molecule has 11 heteroatoms. The zero-order valence-electron chi connectivity index (χ0n) is 15.9. The highest BCUT2D eigenvalue weighted by molar-refractivity contribution is 7.88. The van der Waals surface area contributed by atoms with E-state index in [9.17, 15) is 31.5 Å². The normalized spacial score (nSPS) is 26.7. The van der Waals surface area contributed by atoms with E-state index in [1.54, 1.807) is 4.90 Å². The minimum atomic E-state index is -4.50. The van der Waals surface area contributed by atoms with E-state index in [4.69, 9.17) is 0 Å². The molecule has 3 rings (SSSR count). The Morgan fingerprint density at radius 2 is 2.03 bits per heavy atom. The molecule has 1 aromatic carbocycles. The minimum absolute atomic E-state index is 0.0397. The van der Waals surface area contributed by atoms with Crippen LogP contribution in [-0.2, 0) is 21.0 Å². The van der Waals surface area contributed by atoms with Crippen LogP contribution in [0.5, 0.6) is 0 Å². The summed E-state index contributed by atoms with van der Waals surface area (Å²) >= 11 is 0. The Morgan fingerprint density at radius 3 is 2.66 bits per heavy atom. The van der Waals surface area contributed by atoms with Crippen LogP contribution < -0.4 is 5.32 Å². The fourth-order valence-electron chi connectivity index (χ4n) is 4.30. The molecule has 0 radical (unpaired) electrons. The molecule has 0 aromatic heterocycles. The van der Waals surface area contributed by atoms with Crippen LogP contribution in [0.4, 0.5) is 18.9 Å². The van der Waals surface area contributed by atoms with Gasteiger partial charge in [-0.2, -0.15) is 17.5 Å². The number of nitrogens with zero attached hydrogens (tertiary/aromatic N) is 2. The second-order valence-corrected chi connectivity index (χ2v) is 9.58. The quantitative estimate of drug-likeness (QED) is 0.748. The molecule has 0 aliphatic carbocycles. The molecule has 1 aromatic rings. The van der Waals surface area contributed by atoms with E-state index in [0.29, 0.717) is 32.4 Å². The molecule has 0 bridgehead atoms. The van der Waals surface area contributed by atoms with E-state index >= 15 is 0 Å². The molecule has 2 aliphatic rings. The van der Waals surface area contributed by atoms with Crippen molar-refractivity contribution < 1.29 is 31.5 Å². The van der Waals surface area contributed by atoms with Gasteiger partial charge in [0.25, 0.3) is 0 Å². The molecule has 7 nitrogen and oxygen atoms in total. The van der Waals surface area contributed by atoms with Gasteiger partial charge < -0.3 is 10.4 Å². The maximum Gasteiger partial charge on any atom is 0.416 e. The molecular weight excluding hydrogens is 411 g/mol. The number of rotatable bonds is 4. The van der Waals surface area contributed by atoms with Crippen molar-refractivity contribution in [3.63, 3.8) is 0 Å². The monoisotopic (exact) mass is 435 g/mol. The molecular formula is C18H24F3N3O4S. The van der Waals surface area contributed by atoms with Crippen molar-refractivity contribution in [1.82, 2.24) is 9.21 Å². The largest absolute Gasteiger partial charge is 0.416 e. The Bertz CT molecular complexity index is 877. The first-order chi connectivity index (χ1) is 13.4. The van der Waals surface area contributed by atoms with Gasteiger partial charge in [0.15, 0.2) is 0 Å². The van der Waals surface area contributed by atoms with E-state index in [1.807, 2.05) is 0 Å². The summed E-state index contributed by atoms with van der Waals surface area (Å²) in [5.41, 5.74) is -1.66. The van der Waals surface area contributed by atoms with Crippen molar-refractivity contribution in [1.29, 1.82) is 0 Å². The smallest absolute Gasteiger partial charge is 0.390 e. The molecule has 1 amide bonds. The van der Waals surface area contributed by atoms with Crippen molar-refractivity contribution in [2.45, 2.75) is 37.1 Å². The number of aliphatic hydroxyl groups excluding tert-OH is 1. The van der Waals surface area contributed by atoms with Crippen LogP contribution in [0.25, 0.3) is 0 Å². The molecule has 2 aliphatic heterocycles. The van der Waals surface area contributed by atoms with Crippen molar-refractivity contribution in [3.8, 4) is 0 Å². The molecule has 29 heavy (non-hydrogen) atoms. The topological polar surface area (TPSA) is 90.0 Å². The first-order valence-corrected chi connectivity index (χ1v) is 11.1. The predicted molar refractivity (Wildman–Crippen MR) is 101 cm³/mol. The third-order valence-corrected chi connectivity index (χ3v) is 6.97. The van der Waals surface area contributed by atoms with Crippen LogP contribution in [0.2, 0.25) is 0 Å². The number of benzene rings is 1. The van der Waals surface area contributed by atoms with Crippen LogP contribution in [0.1, 0.15) is 24.8 Å². The van der Waals surface area contributed by atoms with Crippen LogP contribution in [0.15, 0.2) is 24.3 Å². The number of carbonyl (C=O) groups is 1. The molecule has 2 heterocycles. The Balaban J connectivity index is 1.61. The summed E-state index contributed by atoms with van der Waals surface area (Å²) in [5, 5.41) is 13.1. The Hall–Kier alpha value is -1.69. The fraction of sp³-hybridized carbons (Fsp3) is 0.611. The number of hydrogen-bond donors (Lipinski definition) is 2. The Labute approximate surface area is 167 Å². The summed E-state index contributed by atoms with van der Waals surface area (Å²) in [4.78, 5) is 13.9. The van der Waals surface area contributed by atoms with Crippen LogP contribution in [0, 0.1) is 0 Å². The number of halogens is 3. The highest BCUT2D eigenvalue weighted by atomic mass is 32.2. The third-order valence-electron chi connectivity index (χ3n) is 5.62. The number of alkyl halides is 3. The van der Waals surface area contributed by atoms with Crippen LogP contribution in [0.3, 0.4) is 0 Å². The van der Waals surface area contributed by atoms with Gasteiger partial charge in [0, 0.05) is 25.3 Å². The van der Waals surface area contributed by atoms with E-state index in [1.165, 1.54) is 16.4 Å². The third kappa shape index (κ3) is 4.73. The second-order valence-electron chi connectivity index (χ2n) is 7.67. The lowest BCUT2D eigenvalue weighted by molar-refractivity contribution is -0.137. The average molecular weight is 435 g/mol. The van der Waals surface area contributed by atoms with E-state index in [0.717, 1.165) is 18.4 Å².